The number of carbonyl (C=O) groups is 1. The Bertz CT molecular complexity index is 739. The summed E-state index contributed by atoms with van der Waals surface area (Å²) in [5.74, 6) is -0.117. The molecule has 0 atom stereocenters. The van der Waals surface area contributed by atoms with E-state index in [1.807, 2.05) is 0 Å². The molecule has 2 rings (SSSR count). The molecule has 0 spiro atoms. The number of nitrogens with one attached hydrogen (secondary N) is 1. The summed E-state index contributed by atoms with van der Waals surface area (Å²) in [4.78, 5) is 11.9. The standard InChI is InChI=1S/C16H11F3N2O2/c17-16(18,19)13-5-3-11(4-6-13)8-12(9-20)15(22)21-10-14-2-1-7-23-14/h1-8H,10H2,(H,21,22)/b12-8-. The second-order valence-electron chi connectivity index (χ2n) is 4.55. The number of amides is 1. The molecule has 0 radical (unpaired) electrons. The molecule has 23 heavy (non-hydrogen) atoms. The third-order valence-corrected chi connectivity index (χ3v) is 2.92. The van der Waals surface area contributed by atoms with Crippen LogP contribution in [-0.2, 0) is 17.5 Å². The SMILES string of the molecule is N#C/C(=C/c1ccc(C(F)(F)F)cc1)C(=O)NCc1ccco1. The average Bonchev–Trinajstić information content (AvgIpc) is 3.03. The van der Waals surface area contributed by atoms with Gasteiger partial charge in [0.15, 0.2) is 0 Å². The predicted molar refractivity (Wildman–Crippen MR) is 75.6 cm³/mol. The van der Waals surface area contributed by atoms with E-state index in [0.29, 0.717) is 11.3 Å². The Labute approximate surface area is 129 Å². The van der Waals surface area contributed by atoms with Crippen LogP contribution in [0.15, 0.2) is 52.7 Å². The van der Waals surface area contributed by atoms with E-state index in [-0.39, 0.29) is 12.1 Å². The van der Waals surface area contributed by atoms with Crippen LogP contribution in [0.2, 0.25) is 0 Å². The van der Waals surface area contributed by atoms with E-state index in [0.717, 1.165) is 12.1 Å². The van der Waals surface area contributed by atoms with Gasteiger partial charge in [-0.25, -0.2) is 0 Å². The molecule has 0 unspecified atom stereocenters. The third kappa shape index (κ3) is 4.48. The van der Waals surface area contributed by atoms with Gasteiger partial charge in [0.2, 0.25) is 0 Å². The number of benzene rings is 1. The van der Waals surface area contributed by atoms with Gasteiger partial charge in [-0.15, -0.1) is 0 Å². The number of alkyl halides is 3. The van der Waals surface area contributed by atoms with Gasteiger partial charge in [-0.2, -0.15) is 18.4 Å². The van der Waals surface area contributed by atoms with E-state index in [4.69, 9.17) is 9.68 Å². The second-order valence-corrected chi connectivity index (χ2v) is 4.55. The first-order valence-corrected chi connectivity index (χ1v) is 6.50. The number of halogens is 3. The van der Waals surface area contributed by atoms with Crippen molar-refractivity contribution >= 4 is 12.0 Å². The van der Waals surface area contributed by atoms with Crippen LogP contribution in [0.1, 0.15) is 16.9 Å². The van der Waals surface area contributed by atoms with Gasteiger partial charge in [0.05, 0.1) is 18.4 Å². The van der Waals surface area contributed by atoms with Crippen LogP contribution in [-0.4, -0.2) is 5.91 Å². The van der Waals surface area contributed by atoms with Gasteiger partial charge in [-0.1, -0.05) is 12.1 Å². The molecule has 118 valence electrons. The summed E-state index contributed by atoms with van der Waals surface area (Å²) in [5.41, 5.74) is -0.686. The smallest absolute Gasteiger partial charge is 0.416 e. The Morgan fingerprint density at radius 3 is 2.48 bits per heavy atom. The molecular weight excluding hydrogens is 309 g/mol. The van der Waals surface area contributed by atoms with Gasteiger partial charge in [0.1, 0.15) is 17.4 Å². The lowest BCUT2D eigenvalue weighted by atomic mass is 10.1. The van der Waals surface area contributed by atoms with E-state index in [2.05, 4.69) is 5.32 Å². The first kappa shape index (κ1) is 16.4. The molecule has 0 bridgehead atoms. The topological polar surface area (TPSA) is 66.0 Å². The Hall–Kier alpha value is -3.01. The Balaban J connectivity index is 2.08. The van der Waals surface area contributed by atoms with Gasteiger partial charge >= 0.3 is 6.18 Å². The van der Waals surface area contributed by atoms with Crippen molar-refractivity contribution in [1.82, 2.24) is 5.32 Å². The number of carbonyl (C=O) groups excluding carboxylic acids is 1. The van der Waals surface area contributed by atoms with Crippen molar-refractivity contribution in [1.29, 1.82) is 5.26 Å². The van der Waals surface area contributed by atoms with Crippen molar-refractivity contribution in [3.8, 4) is 6.07 Å². The molecule has 0 fully saturated rings. The lowest BCUT2D eigenvalue weighted by Crippen LogP contribution is -2.23. The zero-order chi connectivity index (χ0) is 16.9. The monoisotopic (exact) mass is 320 g/mol. The highest BCUT2D eigenvalue weighted by atomic mass is 19.4. The molecule has 1 amide bonds. The number of nitriles is 1. The first-order chi connectivity index (χ1) is 10.9. The predicted octanol–water partition coefficient (Wildman–Crippen LogP) is 3.52. The van der Waals surface area contributed by atoms with Gasteiger partial charge in [-0.3, -0.25) is 4.79 Å². The first-order valence-electron chi connectivity index (χ1n) is 6.50. The van der Waals surface area contributed by atoms with Crippen molar-refractivity contribution in [2.24, 2.45) is 0 Å². The number of hydrogen-bond donors (Lipinski definition) is 1. The van der Waals surface area contributed by atoms with Gasteiger partial charge in [0, 0.05) is 0 Å². The summed E-state index contributed by atoms with van der Waals surface area (Å²) >= 11 is 0. The van der Waals surface area contributed by atoms with Crippen LogP contribution >= 0.6 is 0 Å². The highest BCUT2D eigenvalue weighted by Crippen LogP contribution is 2.29. The summed E-state index contributed by atoms with van der Waals surface area (Å²) in [7, 11) is 0. The Morgan fingerprint density at radius 1 is 1.26 bits per heavy atom. The number of nitrogens with zero attached hydrogens (tertiary/aromatic N) is 1. The minimum Gasteiger partial charge on any atom is -0.467 e. The van der Waals surface area contributed by atoms with Crippen molar-refractivity contribution in [2.75, 3.05) is 0 Å². The van der Waals surface area contributed by atoms with Crippen LogP contribution in [0.3, 0.4) is 0 Å². The van der Waals surface area contributed by atoms with Crippen LogP contribution in [0.5, 0.6) is 0 Å². The van der Waals surface area contributed by atoms with Crippen LogP contribution in [0, 0.1) is 11.3 Å². The van der Waals surface area contributed by atoms with Crippen molar-refractivity contribution in [3.63, 3.8) is 0 Å². The summed E-state index contributed by atoms with van der Waals surface area (Å²) in [6, 6.07) is 9.21. The summed E-state index contributed by atoms with van der Waals surface area (Å²) in [5, 5.41) is 11.5. The average molecular weight is 320 g/mol. The lowest BCUT2D eigenvalue weighted by molar-refractivity contribution is -0.137. The maximum Gasteiger partial charge on any atom is 0.416 e. The van der Waals surface area contributed by atoms with Crippen molar-refractivity contribution in [2.45, 2.75) is 12.7 Å². The fourth-order valence-corrected chi connectivity index (χ4v) is 1.76. The quantitative estimate of drug-likeness (QED) is 0.692. The molecule has 2 aromatic rings. The van der Waals surface area contributed by atoms with Crippen molar-refractivity contribution < 1.29 is 22.4 Å². The minimum atomic E-state index is -4.43. The zero-order valence-corrected chi connectivity index (χ0v) is 11.7. The molecule has 4 nitrogen and oxygen atoms in total. The Morgan fingerprint density at radius 2 is 1.96 bits per heavy atom. The molecule has 0 aliphatic rings. The highest BCUT2D eigenvalue weighted by Gasteiger charge is 2.29. The second kappa shape index (κ2) is 6.83. The molecule has 0 saturated heterocycles. The molecular formula is C16H11F3N2O2. The molecule has 1 N–H and O–H groups in total. The van der Waals surface area contributed by atoms with Crippen LogP contribution in [0.25, 0.3) is 6.08 Å². The fourth-order valence-electron chi connectivity index (χ4n) is 1.76. The number of rotatable bonds is 4. The summed E-state index contributed by atoms with van der Waals surface area (Å²) in [6.45, 7) is 0.109. The van der Waals surface area contributed by atoms with Crippen LogP contribution in [0.4, 0.5) is 13.2 Å². The van der Waals surface area contributed by atoms with Gasteiger partial charge in [0.25, 0.3) is 5.91 Å². The summed E-state index contributed by atoms with van der Waals surface area (Å²) < 4.78 is 42.4. The number of hydrogen-bond acceptors (Lipinski definition) is 3. The molecule has 1 aromatic carbocycles. The van der Waals surface area contributed by atoms with Gasteiger partial charge < -0.3 is 9.73 Å². The third-order valence-electron chi connectivity index (χ3n) is 2.92. The Kier molecular flexibility index (Phi) is 4.86. The van der Waals surface area contributed by atoms with E-state index in [9.17, 15) is 18.0 Å². The normalized spacial score (nSPS) is 11.8. The molecule has 0 aliphatic carbocycles. The maximum absolute atomic E-state index is 12.5. The molecule has 1 heterocycles. The van der Waals surface area contributed by atoms with Gasteiger partial charge in [-0.05, 0) is 35.9 Å². The van der Waals surface area contributed by atoms with Crippen molar-refractivity contribution in [3.05, 3.63) is 65.1 Å². The zero-order valence-electron chi connectivity index (χ0n) is 11.7. The van der Waals surface area contributed by atoms with E-state index in [1.54, 1.807) is 18.2 Å². The van der Waals surface area contributed by atoms with E-state index in [1.165, 1.54) is 24.5 Å². The minimum absolute atomic E-state index is 0.109. The molecule has 0 saturated carbocycles. The lowest BCUT2D eigenvalue weighted by Gasteiger charge is -2.06. The number of furan rings is 1. The molecule has 0 aliphatic heterocycles. The maximum atomic E-state index is 12.5. The van der Waals surface area contributed by atoms with E-state index >= 15 is 0 Å². The molecule has 1 aromatic heterocycles. The molecule has 7 heteroatoms. The fraction of sp³-hybridized carbons (Fsp3) is 0.125. The van der Waals surface area contributed by atoms with Crippen LogP contribution < -0.4 is 5.32 Å². The summed E-state index contributed by atoms with van der Waals surface area (Å²) in [6.07, 6.45) is -1.76. The highest BCUT2D eigenvalue weighted by molar-refractivity contribution is 6.01. The largest absolute Gasteiger partial charge is 0.467 e. The van der Waals surface area contributed by atoms with E-state index < -0.39 is 17.6 Å².